The molecule has 1 aliphatic heterocycles. The number of likely N-dealkylation sites (N-methyl/N-ethyl adjacent to an activating group) is 1. The predicted octanol–water partition coefficient (Wildman–Crippen LogP) is 4.82. The van der Waals surface area contributed by atoms with Crippen molar-refractivity contribution in [3.05, 3.63) is 101 Å². The van der Waals surface area contributed by atoms with Gasteiger partial charge in [0.25, 0.3) is 11.8 Å². The molecule has 3 amide bonds. The van der Waals surface area contributed by atoms with Crippen LogP contribution in [0.2, 0.25) is 0 Å². The van der Waals surface area contributed by atoms with Crippen molar-refractivity contribution in [2.24, 2.45) is 0 Å². The maximum Gasteiger partial charge on any atom is 0.258 e. The lowest BCUT2D eigenvalue weighted by Crippen LogP contribution is -2.31. The van der Waals surface area contributed by atoms with Crippen LogP contribution in [0.3, 0.4) is 0 Å². The normalized spacial score (nSPS) is 14.2. The number of benzene rings is 3. The number of fused-ring (bicyclic) bond motifs is 1. The van der Waals surface area contributed by atoms with Crippen LogP contribution >= 0.6 is 0 Å². The second kappa shape index (κ2) is 10.2. The number of carbonyl (C=O) groups excluding carboxylic acids is 3. The Hall–Kier alpha value is -4.19. The third-order valence-corrected chi connectivity index (χ3v) is 5.94. The van der Waals surface area contributed by atoms with Gasteiger partial charge in [-0.1, -0.05) is 36.4 Å². The van der Waals surface area contributed by atoms with Crippen molar-refractivity contribution >= 4 is 34.7 Å². The molecule has 0 atom stereocenters. The highest BCUT2D eigenvalue weighted by Crippen LogP contribution is 2.34. The van der Waals surface area contributed by atoms with E-state index in [4.69, 9.17) is 0 Å². The van der Waals surface area contributed by atoms with Crippen molar-refractivity contribution in [3.8, 4) is 0 Å². The van der Waals surface area contributed by atoms with Gasteiger partial charge in [-0.05, 0) is 67.3 Å². The minimum absolute atomic E-state index is 0.120. The minimum atomic E-state index is -0.186. The van der Waals surface area contributed by atoms with E-state index in [0.29, 0.717) is 29.8 Å². The molecule has 6 heteroatoms. The first-order chi connectivity index (χ1) is 16.5. The second-order valence-corrected chi connectivity index (χ2v) is 8.21. The van der Waals surface area contributed by atoms with Crippen LogP contribution in [0, 0.1) is 6.92 Å². The Kier molecular flexibility index (Phi) is 6.87. The van der Waals surface area contributed by atoms with E-state index in [1.54, 1.807) is 48.4 Å². The maximum atomic E-state index is 13.4. The quantitative estimate of drug-likeness (QED) is 0.556. The molecule has 172 valence electrons. The van der Waals surface area contributed by atoms with Crippen LogP contribution in [0.15, 0.2) is 78.9 Å². The molecular formula is C28H27N3O3. The molecule has 0 spiro atoms. The molecule has 0 radical (unpaired) electrons. The first kappa shape index (κ1) is 23.0. The van der Waals surface area contributed by atoms with Gasteiger partial charge in [0.05, 0.1) is 5.69 Å². The van der Waals surface area contributed by atoms with E-state index in [2.05, 4.69) is 10.6 Å². The van der Waals surface area contributed by atoms with E-state index in [-0.39, 0.29) is 17.7 Å². The Labute approximate surface area is 199 Å². The van der Waals surface area contributed by atoms with Gasteiger partial charge in [-0.25, -0.2) is 0 Å². The van der Waals surface area contributed by atoms with E-state index in [1.165, 1.54) is 0 Å². The molecule has 0 unspecified atom stereocenters. The summed E-state index contributed by atoms with van der Waals surface area (Å²) in [5.74, 6) is -0.465. The number of para-hydroxylation sites is 1. The molecule has 4 rings (SSSR count). The topological polar surface area (TPSA) is 78.5 Å². The van der Waals surface area contributed by atoms with Gasteiger partial charge in [0, 0.05) is 42.0 Å². The first-order valence-corrected chi connectivity index (χ1v) is 11.3. The van der Waals surface area contributed by atoms with Gasteiger partial charge in [-0.15, -0.1) is 0 Å². The lowest BCUT2D eigenvalue weighted by molar-refractivity contribution is -0.116. The summed E-state index contributed by atoms with van der Waals surface area (Å²) in [6.45, 7) is 2.44. The molecule has 0 fully saturated rings. The predicted molar refractivity (Wildman–Crippen MR) is 135 cm³/mol. The summed E-state index contributed by atoms with van der Waals surface area (Å²) in [6.07, 6.45) is 3.06. The van der Waals surface area contributed by atoms with Gasteiger partial charge in [-0.2, -0.15) is 0 Å². The van der Waals surface area contributed by atoms with E-state index in [0.717, 1.165) is 28.8 Å². The molecule has 3 aromatic carbocycles. The molecule has 0 saturated heterocycles. The number of allylic oxidation sites excluding steroid dienone is 1. The zero-order valence-electron chi connectivity index (χ0n) is 19.3. The van der Waals surface area contributed by atoms with Crippen molar-refractivity contribution in [2.45, 2.75) is 19.8 Å². The van der Waals surface area contributed by atoms with Crippen molar-refractivity contribution in [1.82, 2.24) is 5.32 Å². The van der Waals surface area contributed by atoms with E-state index < -0.39 is 0 Å². The van der Waals surface area contributed by atoms with Gasteiger partial charge in [0.15, 0.2) is 0 Å². The summed E-state index contributed by atoms with van der Waals surface area (Å²) < 4.78 is 0. The molecule has 3 aromatic rings. The minimum Gasteiger partial charge on any atom is -0.356 e. The van der Waals surface area contributed by atoms with Crippen LogP contribution in [0.25, 0.3) is 5.57 Å². The highest BCUT2D eigenvalue weighted by molar-refractivity contribution is 6.09. The summed E-state index contributed by atoms with van der Waals surface area (Å²) in [5.41, 5.74) is 5.26. The molecule has 1 heterocycles. The fourth-order valence-electron chi connectivity index (χ4n) is 4.13. The van der Waals surface area contributed by atoms with Gasteiger partial charge < -0.3 is 15.5 Å². The summed E-state index contributed by atoms with van der Waals surface area (Å²) >= 11 is 0. The molecule has 2 N–H and O–H groups in total. The average molecular weight is 454 g/mol. The number of carbonyl (C=O) groups is 3. The average Bonchev–Trinajstić information content (AvgIpc) is 3.04. The lowest BCUT2D eigenvalue weighted by Gasteiger charge is -2.23. The van der Waals surface area contributed by atoms with Gasteiger partial charge in [0.2, 0.25) is 5.91 Å². The van der Waals surface area contributed by atoms with Crippen LogP contribution in [0.4, 0.5) is 11.4 Å². The first-order valence-electron chi connectivity index (χ1n) is 11.3. The fourth-order valence-corrected chi connectivity index (χ4v) is 4.13. The molecule has 0 aromatic heterocycles. The summed E-state index contributed by atoms with van der Waals surface area (Å²) in [5, 5.41) is 5.52. The zero-order valence-corrected chi connectivity index (χ0v) is 19.3. The molecular weight excluding hydrogens is 426 g/mol. The number of amides is 3. The standard InChI is InChI=1S/C28H27N3O3/c1-19-8-3-4-10-23(19)27(33)30-22-15-13-20(14-16-22)28(34)31-17-7-9-21(18-26(32)29-2)24-11-5-6-12-25(24)31/h3-6,8,10-16,18H,7,9,17H2,1-2H3,(H,29,32)(H,30,33)/b21-18+. The SMILES string of the molecule is CNC(=O)/C=C1\CCCN(C(=O)c2ccc(NC(=O)c3ccccc3C)cc2)c2ccccc21. The Bertz CT molecular complexity index is 1260. The van der Waals surface area contributed by atoms with Crippen LogP contribution < -0.4 is 15.5 Å². The van der Waals surface area contributed by atoms with Crippen LogP contribution in [-0.2, 0) is 4.79 Å². The number of nitrogens with zero attached hydrogens (tertiary/aromatic N) is 1. The van der Waals surface area contributed by atoms with Gasteiger partial charge in [-0.3, -0.25) is 14.4 Å². The number of hydrogen-bond donors (Lipinski definition) is 2. The highest BCUT2D eigenvalue weighted by atomic mass is 16.2. The third-order valence-electron chi connectivity index (χ3n) is 5.94. The van der Waals surface area contributed by atoms with Crippen LogP contribution in [0.1, 0.15) is 44.7 Å². The van der Waals surface area contributed by atoms with Gasteiger partial charge in [0.1, 0.15) is 0 Å². The summed E-state index contributed by atoms with van der Waals surface area (Å²) in [4.78, 5) is 39.7. The molecule has 1 aliphatic rings. The van der Waals surface area contributed by atoms with Crippen LogP contribution in [-0.4, -0.2) is 31.3 Å². The largest absolute Gasteiger partial charge is 0.356 e. The molecule has 34 heavy (non-hydrogen) atoms. The van der Waals surface area contributed by atoms with E-state index in [1.807, 2.05) is 49.4 Å². The van der Waals surface area contributed by atoms with E-state index >= 15 is 0 Å². The third kappa shape index (κ3) is 4.91. The summed E-state index contributed by atoms with van der Waals surface area (Å²) in [6, 6.07) is 22.0. The number of anilines is 2. The lowest BCUT2D eigenvalue weighted by atomic mass is 10.00. The fraction of sp³-hybridized carbons (Fsp3) is 0.179. The maximum absolute atomic E-state index is 13.4. The van der Waals surface area contributed by atoms with Crippen molar-refractivity contribution < 1.29 is 14.4 Å². The monoisotopic (exact) mass is 453 g/mol. The number of hydrogen-bond acceptors (Lipinski definition) is 3. The van der Waals surface area contributed by atoms with Crippen LogP contribution in [0.5, 0.6) is 0 Å². The smallest absolute Gasteiger partial charge is 0.258 e. The Morgan fingerprint density at radius 2 is 1.62 bits per heavy atom. The number of nitrogens with one attached hydrogen (secondary N) is 2. The van der Waals surface area contributed by atoms with Gasteiger partial charge >= 0.3 is 0 Å². The second-order valence-electron chi connectivity index (χ2n) is 8.21. The molecule has 0 saturated carbocycles. The van der Waals surface area contributed by atoms with Crippen molar-refractivity contribution in [2.75, 3.05) is 23.8 Å². The molecule has 6 nitrogen and oxygen atoms in total. The van der Waals surface area contributed by atoms with Crippen molar-refractivity contribution in [1.29, 1.82) is 0 Å². The number of aryl methyl sites for hydroxylation is 1. The van der Waals surface area contributed by atoms with Crippen molar-refractivity contribution in [3.63, 3.8) is 0 Å². The Morgan fingerprint density at radius 1 is 0.912 bits per heavy atom. The molecule has 0 aliphatic carbocycles. The number of rotatable bonds is 4. The Morgan fingerprint density at radius 3 is 2.35 bits per heavy atom. The molecule has 0 bridgehead atoms. The van der Waals surface area contributed by atoms with E-state index in [9.17, 15) is 14.4 Å². The highest BCUT2D eigenvalue weighted by Gasteiger charge is 2.24. The summed E-state index contributed by atoms with van der Waals surface area (Å²) in [7, 11) is 1.60. The zero-order chi connectivity index (χ0) is 24.1. The Balaban J connectivity index is 1.56.